The number of carbonyl (C=O) groups is 1. The second-order valence-electron chi connectivity index (χ2n) is 5.02. The van der Waals surface area contributed by atoms with Crippen molar-refractivity contribution < 1.29 is 9.53 Å². The number of aryl methyl sites for hydroxylation is 1. The van der Waals surface area contributed by atoms with E-state index in [1.807, 2.05) is 18.2 Å². The molecule has 2 rings (SSSR count). The number of methoxy groups -OCH3 is 1. The lowest BCUT2D eigenvalue weighted by atomic mass is 9.92. The smallest absolute Gasteiger partial charge is 0.207 e. The highest BCUT2D eigenvalue weighted by Gasteiger charge is 2.11. The van der Waals surface area contributed by atoms with Gasteiger partial charge in [-0.05, 0) is 36.1 Å². The summed E-state index contributed by atoms with van der Waals surface area (Å²) in [7, 11) is 1.66. The van der Waals surface area contributed by atoms with Gasteiger partial charge in [-0.15, -0.1) is 0 Å². The second-order valence-corrected chi connectivity index (χ2v) is 5.02. The molecular formula is C18H21NO2. The van der Waals surface area contributed by atoms with Gasteiger partial charge in [-0.1, -0.05) is 42.5 Å². The first kappa shape index (κ1) is 15.1. The van der Waals surface area contributed by atoms with Crippen LogP contribution in [0.4, 0.5) is 0 Å². The molecule has 1 N–H and O–H groups in total. The molecule has 1 atom stereocenters. The van der Waals surface area contributed by atoms with Crippen LogP contribution in [-0.4, -0.2) is 20.1 Å². The fourth-order valence-electron chi connectivity index (χ4n) is 2.44. The monoisotopic (exact) mass is 283 g/mol. The molecule has 0 saturated carbocycles. The first-order valence-corrected chi connectivity index (χ1v) is 7.18. The van der Waals surface area contributed by atoms with Crippen molar-refractivity contribution in [2.45, 2.75) is 18.8 Å². The molecule has 2 aromatic carbocycles. The number of hydrogen-bond donors (Lipinski definition) is 1. The molecule has 0 aliphatic carbocycles. The van der Waals surface area contributed by atoms with Gasteiger partial charge in [-0.2, -0.15) is 0 Å². The number of amides is 1. The standard InChI is InChI=1S/C18H21NO2/c1-21-18-11-9-16(10-12-18)17(13-19-14-20)8-7-15-5-3-2-4-6-15/h2-6,9-12,14,17H,7-8,13H2,1H3,(H,19,20). The zero-order valence-electron chi connectivity index (χ0n) is 12.3. The van der Waals surface area contributed by atoms with Crippen LogP contribution in [0.2, 0.25) is 0 Å². The lowest BCUT2D eigenvalue weighted by Gasteiger charge is -2.17. The summed E-state index contributed by atoms with van der Waals surface area (Å²) in [5.74, 6) is 1.16. The fourth-order valence-corrected chi connectivity index (χ4v) is 2.44. The van der Waals surface area contributed by atoms with E-state index in [-0.39, 0.29) is 0 Å². The van der Waals surface area contributed by atoms with Crippen molar-refractivity contribution in [3.05, 3.63) is 65.7 Å². The third-order valence-electron chi connectivity index (χ3n) is 3.66. The number of carbonyl (C=O) groups excluding carboxylic acids is 1. The van der Waals surface area contributed by atoms with Crippen LogP contribution in [0.1, 0.15) is 23.5 Å². The van der Waals surface area contributed by atoms with Gasteiger partial charge in [0.1, 0.15) is 5.75 Å². The summed E-state index contributed by atoms with van der Waals surface area (Å²) in [6, 6.07) is 18.5. The Morgan fingerprint density at radius 2 is 1.81 bits per heavy atom. The van der Waals surface area contributed by atoms with Crippen LogP contribution in [0.5, 0.6) is 5.75 Å². The average Bonchev–Trinajstić information content (AvgIpc) is 2.56. The van der Waals surface area contributed by atoms with Crippen molar-refractivity contribution in [1.29, 1.82) is 0 Å². The van der Waals surface area contributed by atoms with Crippen molar-refractivity contribution in [3.8, 4) is 5.75 Å². The van der Waals surface area contributed by atoms with Crippen LogP contribution in [0.3, 0.4) is 0 Å². The van der Waals surface area contributed by atoms with Crippen molar-refractivity contribution in [3.63, 3.8) is 0 Å². The van der Waals surface area contributed by atoms with Gasteiger partial charge in [0.2, 0.25) is 6.41 Å². The highest BCUT2D eigenvalue weighted by atomic mass is 16.5. The highest BCUT2D eigenvalue weighted by Crippen LogP contribution is 2.23. The highest BCUT2D eigenvalue weighted by molar-refractivity contribution is 5.46. The van der Waals surface area contributed by atoms with E-state index in [1.165, 1.54) is 11.1 Å². The van der Waals surface area contributed by atoms with Crippen LogP contribution in [0.15, 0.2) is 54.6 Å². The zero-order chi connectivity index (χ0) is 14.9. The molecule has 3 nitrogen and oxygen atoms in total. The van der Waals surface area contributed by atoms with Gasteiger partial charge in [0, 0.05) is 12.5 Å². The summed E-state index contributed by atoms with van der Waals surface area (Å²) < 4.78 is 5.19. The zero-order valence-corrected chi connectivity index (χ0v) is 12.3. The third-order valence-corrected chi connectivity index (χ3v) is 3.66. The van der Waals surface area contributed by atoms with Crippen molar-refractivity contribution in [2.24, 2.45) is 0 Å². The van der Waals surface area contributed by atoms with Gasteiger partial charge < -0.3 is 10.1 Å². The van der Waals surface area contributed by atoms with Crippen molar-refractivity contribution >= 4 is 6.41 Å². The van der Waals surface area contributed by atoms with Gasteiger partial charge in [-0.25, -0.2) is 0 Å². The van der Waals surface area contributed by atoms with Gasteiger partial charge in [0.15, 0.2) is 0 Å². The third kappa shape index (κ3) is 4.63. The Morgan fingerprint density at radius 3 is 2.43 bits per heavy atom. The Balaban J connectivity index is 2.04. The van der Waals surface area contributed by atoms with Crippen LogP contribution < -0.4 is 10.1 Å². The number of hydrogen-bond acceptors (Lipinski definition) is 2. The van der Waals surface area contributed by atoms with E-state index in [9.17, 15) is 4.79 Å². The maximum absolute atomic E-state index is 10.6. The summed E-state index contributed by atoms with van der Waals surface area (Å²) in [6.45, 7) is 0.655. The van der Waals surface area contributed by atoms with Crippen LogP contribution in [0, 0.1) is 0 Å². The molecule has 0 radical (unpaired) electrons. The molecule has 0 aliphatic heterocycles. The van der Waals surface area contributed by atoms with Crippen molar-refractivity contribution in [1.82, 2.24) is 5.32 Å². The molecule has 0 aromatic heterocycles. The predicted molar refractivity (Wildman–Crippen MR) is 84.6 cm³/mol. The van der Waals surface area contributed by atoms with Crippen LogP contribution in [-0.2, 0) is 11.2 Å². The van der Waals surface area contributed by atoms with Gasteiger partial charge in [0.25, 0.3) is 0 Å². The molecular weight excluding hydrogens is 262 g/mol. The number of ether oxygens (including phenoxy) is 1. The molecule has 2 aromatic rings. The molecule has 0 spiro atoms. The second kappa shape index (κ2) is 8.10. The van der Waals surface area contributed by atoms with Gasteiger partial charge in [-0.3, -0.25) is 4.79 Å². The quantitative estimate of drug-likeness (QED) is 0.756. The summed E-state index contributed by atoms with van der Waals surface area (Å²) in [6.07, 6.45) is 2.76. The Kier molecular flexibility index (Phi) is 5.83. The molecule has 1 unspecified atom stereocenters. The number of nitrogens with one attached hydrogen (secondary N) is 1. The van der Waals surface area contributed by atoms with E-state index in [0.717, 1.165) is 25.0 Å². The van der Waals surface area contributed by atoms with Crippen molar-refractivity contribution in [2.75, 3.05) is 13.7 Å². The lowest BCUT2D eigenvalue weighted by molar-refractivity contribution is -0.109. The minimum atomic E-state index is 0.307. The molecule has 0 heterocycles. The van der Waals surface area contributed by atoms with Crippen LogP contribution in [0.25, 0.3) is 0 Å². The Bertz CT molecular complexity index is 537. The molecule has 21 heavy (non-hydrogen) atoms. The average molecular weight is 283 g/mol. The molecule has 0 fully saturated rings. The predicted octanol–water partition coefficient (Wildman–Crippen LogP) is 3.16. The van der Waals surface area contributed by atoms with E-state index >= 15 is 0 Å². The largest absolute Gasteiger partial charge is 0.497 e. The van der Waals surface area contributed by atoms with Crippen LogP contribution >= 0.6 is 0 Å². The normalized spacial score (nSPS) is 11.7. The minimum absolute atomic E-state index is 0.307. The lowest BCUT2D eigenvalue weighted by Crippen LogP contribution is -2.20. The molecule has 0 bridgehead atoms. The number of rotatable bonds is 8. The first-order valence-electron chi connectivity index (χ1n) is 7.18. The maximum atomic E-state index is 10.6. The van der Waals surface area contributed by atoms with Gasteiger partial charge >= 0.3 is 0 Å². The Hall–Kier alpha value is -2.29. The summed E-state index contributed by atoms with van der Waals surface area (Å²) >= 11 is 0. The summed E-state index contributed by atoms with van der Waals surface area (Å²) in [5, 5.41) is 2.80. The number of benzene rings is 2. The SMILES string of the molecule is COc1ccc(C(CCc2ccccc2)CNC=O)cc1. The Labute approximate surface area is 126 Å². The first-order chi connectivity index (χ1) is 10.3. The fraction of sp³-hybridized carbons (Fsp3) is 0.278. The molecule has 3 heteroatoms. The summed E-state index contributed by atoms with van der Waals surface area (Å²) in [4.78, 5) is 10.6. The Morgan fingerprint density at radius 1 is 1.10 bits per heavy atom. The molecule has 0 aliphatic rings. The van der Waals surface area contributed by atoms with E-state index < -0.39 is 0 Å². The molecule has 1 amide bonds. The minimum Gasteiger partial charge on any atom is -0.497 e. The van der Waals surface area contributed by atoms with E-state index in [4.69, 9.17) is 4.74 Å². The topological polar surface area (TPSA) is 38.3 Å². The molecule has 110 valence electrons. The maximum Gasteiger partial charge on any atom is 0.207 e. The van der Waals surface area contributed by atoms with E-state index in [0.29, 0.717) is 12.5 Å². The molecule has 0 saturated heterocycles. The summed E-state index contributed by atoms with van der Waals surface area (Å²) in [5.41, 5.74) is 2.54. The van der Waals surface area contributed by atoms with E-state index in [1.54, 1.807) is 7.11 Å². The van der Waals surface area contributed by atoms with Gasteiger partial charge in [0.05, 0.1) is 7.11 Å². The van der Waals surface area contributed by atoms with E-state index in [2.05, 4.69) is 41.7 Å².